The molecule has 6 nitrogen and oxygen atoms in total. The summed E-state index contributed by atoms with van der Waals surface area (Å²) in [4.78, 5) is 23.9. The largest absolute Gasteiger partial charge is 0.507 e. The zero-order chi connectivity index (χ0) is 21.5. The summed E-state index contributed by atoms with van der Waals surface area (Å²) in [6.45, 7) is 12.6. The Morgan fingerprint density at radius 2 is 1.57 bits per heavy atom. The third-order valence-electron chi connectivity index (χ3n) is 4.17. The third kappa shape index (κ3) is 7.09. The maximum absolute atomic E-state index is 12.0. The average Bonchev–Trinajstić information content (AvgIpc) is 2.58. The number of nitrogens with one attached hydrogen (secondary N) is 1. The van der Waals surface area contributed by atoms with Crippen molar-refractivity contribution < 1.29 is 24.5 Å². The van der Waals surface area contributed by atoms with Gasteiger partial charge in [0, 0.05) is 17.7 Å². The van der Waals surface area contributed by atoms with Crippen LogP contribution in [0, 0.1) is 0 Å². The molecular formula is C22H33NO5. The average molecular weight is 392 g/mol. The molecule has 1 aromatic carbocycles. The fraction of sp³-hybridized carbons (Fsp3) is 0.545. The van der Waals surface area contributed by atoms with Crippen molar-refractivity contribution >= 4 is 17.8 Å². The van der Waals surface area contributed by atoms with E-state index in [0.29, 0.717) is 0 Å². The number of amides is 1. The lowest BCUT2D eigenvalue weighted by Crippen LogP contribution is -2.32. The summed E-state index contributed by atoms with van der Waals surface area (Å²) >= 11 is 0. The third-order valence-corrected chi connectivity index (χ3v) is 4.17. The van der Waals surface area contributed by atoms with Gasteiger partial charge in [-0.05, 0) is 34.6 Å². The van der Waals surface area contributed by atoms with Crippen LogP contribution in [0.5, 0.6) is 5.75 Å². The Balaban J connectivity index is 2.98. The van der Waals surface area contributed by atoms with Crippen molar-refractivity contribution in [3.05, 3.63) is 34.9 Å². The van der Waals surface area contributed by atoms with Crippen molar-refractivity contribution in [2.75, 3.05) is 26.4 Å². The minimum absolute atomic E-state index is 0.0879. The van der Waals surface area contributed by atoms with E-state index in [1.807, 2.05) is 53.7 Å². The zero-order valence-corrected chi connectivity index (χ0v) is 17.8. The van der Waals surface area contributed by atoms with Gasteiger partial charge in [-0.1, -0.05) is 47.6 Å². The molecule has 0 unspecified atom stereocenters. The molecule has 0 spiro atoms. The number of aromatic hydroxyl groups is 1. The molecule has 6 heteroatoms. The summed E-state index contributed by atoms with van der Waals surface area (Å²) in [5, 5.41) is 21.8. The van der Waals surface area contributed by atoms with Gasteiger partial charge in [-0.25, -0.2) is 0 Å². The predicted molar refractivity (Wildman–Crippen MR) is 110 cm³/mol. The van der Waals surface area contributed by atoms with Crippen LogP contribution in [0.25, 0.3) is 6.08 Å². The van der Waals surface area contributed by atoms with Crippen LogP contribution < -0.4 is 5.32 Å². The molecule has 0 heterocycles. The summed E-state index contributed by atoms with van der Waals surface area (Å²) in [5.41, 5.74) is 1.78. The predicted octanol–water partition coefficient (Wildman–Crippen LogP) is 2.69. The molecule has 0 saturated carbocycles. The van der Waals surface area contributed by atoms with Crippen LogP contribution in [-0.4, -0.2) is 48.3 Å². The number of ketones is 1. The van der Waals surface area contributed by atoms with Gasteiger partial charge in [0.2, 0.25) is 5.78 Å². The molecule has 0 aromatic heterocycles. The molecule has 156 valence electrons. The number of carbonyl (C=O) groups excluding carboxylic acids is 2. The standard InChI is InChI=1S/C22H33NO5/c1-21(2,3)16-13-15(14-17(19(16)26)22(4,5)6)7-8-18(25)20(27)23-9-11-28-12-10-24/h7-8,13-14,24,26H,9-12H2,1-6H3,(H,23,27)/b8-7+. The normalized spacial score (nSPS) is 12.4. The van der Waals surface area contributed by atoms with Gasteiger partial charge in [-0.2, -0.15) is 0 Å². The Morgan fingerprint density at radius 3 is 2.04 bits per heavy atom. The van der Waals surface area contributed by atoms with E-state index in [4.69, 9.17) is 9.84 Å². The van der Waals surface area contributed by atoms with Crippen molar-refractivity contribution in [1.82, 2.24) is 5.32 Å². The van der Waals surface area contributed by atoms with Gasteiger partial charge in [0.1, 0.15) is 5.75 Å². The molecule has 0 aliphatic carbocycles. The Hall–Kier alpha value is -2.18. The Labute approximate surface area is 167 Å². The zero-order valence-electron chi connectivity index (χ0n) is 17.8. The first-order valence-electron chi connectivity index (χ1n) is 9.44. The smallest absolute Gasteiger partial charge is 0.291 e. The van der Waals surface area contributed by atoms with Crippen LogP contribution in [0.3, 0.4) is 0 Å². The maximum atomic E-state index is 12.0. The highest BCUT2D eigenvalue weighted by molar-refractivity contribution is 6.41. The Bertz CT molecular complexity index is 688. The van der Waals surface area contributed by atoms with E-state index in [2.05, 4.69) is 5.32 Å². The fourth-order valence-corrected chi connectivity index (χ4v) is 2.63. The molecule has 0 aliphatic heterocycles. The number of ether oxygens (including phenoxy) is 1. The summed E-state index contributed by atoms with van der Waals surface area (Å²) in [6.07, 6.45) is 2.82. The highest BCUT2D eigenvalue weighted by atomic mass is 16.5. The molecule has 0 radical (unpaired) electrons. The molecule has 1 aromatic rings. The second kappa shape index (κ2) is 9.85. The molecule has 3 N–H and O–H groups in total. The second-order valence-corrected chi connectivity index (χ2v) is 8.75. The SMILES string of the molecule is CC(C)(C)c1cc(/C=C/C(=O)C(=O)NCCOCCO)cc(C(C)(C)C)c1O. The second-order valence-electron chi connectivity index (χ2n) is 8.75. The minimum atomic E-state index is -0.713. The number of benzene rings is 1. The Morgan fingerprint density at radius 1 is 1.04 bits per heavy atom. The summed E-state index contributed by atoms with van der Waals surface area (Å²) < 4.78 is 5.03. The molecule has 0 bridgehead atoms. The lowest BCUT2D eigenvalue weighted by molar-refractivity contribution is -0.135. The molecule has 1 amide bonds. The van der Waals surface area contributed by atoms with Crippen molar-refractivity contribution in [2.24, 2.45) is 0 Å². The minimum Gasteiger partial charge on any atom is -0.507 e. The van der Waals surface area contributed by atoms with Crippen LogP contribution in [-0.2, 0) is 25.2 Å². The van der Waals surface area contributed by atoms with Gasteiger partial charge in [0.05, 0.1) is 19.8 Å². The molecular weight excluding hydrogens is 358 g/mol. The number of phenolic OH excluding ortho intramolecular Hbond substituents is 1. The number of carbonyl (C=O) groups is 2. The maximum Gasteiger partial charge on any atom is 0.291 e. The highest BCUT2D eigenvalue weighted by Crippen LogP contribution is 2.39. The van der Waals surface area contributed by atoms with E-state index < -0.39 is 11.7 Å². The van der Waals surface area contributed by atoms with Gasteiger partial charge in [-0.15, -0.1) is 0 Å². The van der Waals surface area contributed by atoms with Gasteiger partial charge in [0.15, 0.2) is 0 Å². The molecule has 0 fully saturated rings. The molecule has 1 rings (SSSR count). The van der Waals surface area contributed by atoms with E-state index in [-0.39, 0.29) is 42.9 Å². The van der Waals surface area contributed by atoms with Crippen LogP contribution in [0.1, 0.15) is 58.2 Å². The monoisotopic (exact) mass is 391 g/mol. The molecule has 0 saturated heterocycles. The van der Waals surface area contributed by atoms with Crippen molar-refractivity contribution in [1.29, 1.82) is 0 Å². The number of phenols is 1. The number of aliphatic hydroxyl groups excluding tert-OH is 1. The first-order valence-corrected chi connectivity index (χ1v) is 9.44. The van der Waals surface area contributed by atoms with Crippen LogP contribution >= 0.6 is 0 Å². The van der Waals surface area contributed by atoms with Crippen molar-refractivity contribution in [3.63, 3.8) is 0 Å². The van der Waals surface area contributed by atoms with Gasteiger partial charge in [-0.3, -0.25) is 9.59 Å². The number of rotatable bonds is 8. The van der Waals surface area contributed by atoms with Crippen LogP contribution in [0.15, 0.2) is 18.2 Å². The van der Waals surface area contributed by atoms with E-state index >= 15 is 0 Å². The summed E-state index contributed by atoms with van der Waals surface area (Å²) in [7, 11) is 0. The first kappa shape index (κ1) is 23.9. The quantitative estimate of drug-likeness (QED) is 0.360. The number of hydrogen-bond donors (Lipinski definition) is 3. The fourth-order valence-electron chi connectivity index (χ4n) is 2.63. The lowest BCUT2D eigenvalue weighted by Gasteiger charge is -2.27. The summed E-state index contributed by atoms with van der Waals surface area (Å²) in [5.74, 6) is -1.11. The topological polar surface area (TPSA) is 95.9 Å². The van der Waals surface area contributed by atoms with Gasteiger partial charge < -0.3 is 20.3 Å². The van der Waals surface area contributed by atoms with Gasteiger partial charge in [0.25, 0.3) is 5.91 Å². The van der Waals surface area contributed by atoms with Crippen molar-refractivity contribution in [3.8, 4) is 5.75 Å². The number of hydrogen-bond acceptors (Lipinski definition) is 5. The summed E-state index contributed by atoms with van der Waals surface area (Å²) in [6, 6.07) is 3.68. The van der Waals surface area contributed by atoms with E-state index in [9.17, 15) is 14.7 Å². The van der Waals surface area contributed by atoms with Crippen LogP contribution in [0.4, 0.5) is 0 Å². The molecule has 28 heavy (non-hydrogen) atoms. The molecule has 0 aliphatic rings. The Kier molecular flexibility index (Phi) is 8.39. The van der Waals surface area contributed by atoms with E-state index in [1.165, 1.54) is 6.08 Å². The van der Waals surface area contributed by atoms with E-state index in [0.717, 1.165) is 16.7 Å². The van der Waals surface area contributed by atoms with Crippen molar-refractivity contribution in [2.45, 2.75) is 52.4 Å². The van der Waals surface area contributed by atoms with E-state index in [1.54, 1.807) is 6.08 Å². The number of aliphatic hydroxyl groups is 1. The molecule has 0 atom stereocenters. The van der Waals surface area contributed by atoms with Gasteiger partial charge >= 0.3 is 0 Å². The first-order chi connectivity index (χ1) is 12.9. The lowest BCUT2D eigenvalue weighted by atomic mass is 9.78. The van der Waals surface area contributed by atoms with Crippen LogP contribution in [0.2, 0.25) is 0 Å². The highest BCUT2D eigenvalue weighted by Gasteiger charge is 2.26.